The smallest absolute Gasteiger partial charge is 0.329 e. The van der Waals surface area contributed by atoms with Crippen molar-refractivity contribution < 1.29 is 59.9 Å². The molecule has 0 amide bonds. The zero-order valence-corrected chi connectivity index (χ0v) is 14.3. The van der Waals surface area contributed by atoms with Gasteiger partial charge < -0.3 is 55.1 Å². The van der Waals surface area contributed by atoms with E-state index in [1.807, 2.05) is 0 Å². The van der Waals surface area contributed by atoms with Gasteiger partial charge in [0.25, 0.3) is 0 Å². The molecule has 2 saturated heterocycles. The minimum atomic E-state index is -1.61. The molecule has 158 valence electrons. The molecular formula is C15H26O12. The predicted octanol–water partition coefficient (Wildman–Crippen LogP) is -4.83. The maximum atomic E-state index is 10.7. The maximum Gasteiger partial charge on any atom is 0.329 e. The van der Waals surface area contributed by atoms with Gasteiger partial charge in [0.1, 0.15) is 55.4 Å². The van der Waals surface area contributed by atoms with Gasteiger partial charge in [-0.3, -0.25) is 0 Å². The average molecular weight is 398 g/mol. The normalized spacial score (nSPS) is 45.6. The van der Waals surface area contributed by atoms with Crippen LogP contribution in [0.5, 0.6) is 0 Å². The van der Waals surface area contributed by atoms with E-state index in [-0.39, 0.29) is 6.42 Å². The van der Waals surface area contributed by atoms with Crippen molar-refractivity contribution in [2.75, 3.05) is 19.8 Å². The molecule has 0 radical (unpaired) electrons. The number of carbonyl (C=O) groups is 1. The maximum absolute atomic E-state index is 10.7. The summed E-state index contributed by atoms with van der Waals surface area (Å²) in [5, 5.41) is 77.5. The number of aliphatic hydroxyl groups excluding tert-OH is 7. The van der Waals surface area contributed by atoms with E-state index in [1.54, 1.807) is 0 Å². The van der Waals surface area contributed by atoms with E-state index >= 15 is 0 Å². The number of hydrogen-bond acceptors (Lipinski definition) is 11. The lowest BCUT2D eigenvalue weighted by atomic mass is 9.87. The molecule has 2 rings (SSSR count). The molecule has 0 aromatic carbocycles. The summed E-state index contributed by atoms with van der Waals surface area (Å²) in [5.74, 6) is -1.33. The number of hydrogen-bond donors (Lipinski definition) is 8. The molecule has 0 spiro atoms. The van der Waals surface area contributed by atoms with Gasteiger partial charge in [0.2, 0.25) is 0 Å². The molecule has 0 unspecified atom stereocenters. The molecule has 2 aliphatic heterocycles. The predicted molar refractivity (Wildman–Crippen MR) is 83.5 cm³/mol. The van der Waals surface area contributed by atoms with Gasteiger partial charge in [-0.15, -0.1) is 0 Å². The van der Waals surface area contributed by atoms with E-state index in [9.17, 15) is 40.5 Å². The fourth-order valence-corrected chi connectivity index (χ4v) is 3.32. The second-order valence-electron chi connectivity index (χ2n) is 6.65. The van der Waals surface area contributed by atoms with Gasteiger partial charge >= 0.3 is 5.97 Å². The van der Waals surface area contributed by atoms with Crippen LogP contribution >= 0.6 is 0 Å². The first-order valence-corrected chi connectivity index (χ1v) is 8.47. The summed E-state index contributed by atoms with van der Waals surface area (Å²) in [4.78, 5) is 10.7. The van der Waals surface area contributed by atoms with Crippen molar-refractivity contribution in [2.24, 2.45) is 0 Å². The van der Waals surface area contributed by atoms with Crippen molar-refractivity contribution >= 4 is 5.97 Å². The van der Waals surface area contributed by atoms with Crippen molar-refractivity contribution in [3.8, 4) is 0 Å². The summed E-state index contributed by atoms with van der Waals surface area (Å²) in [6.45, 7) is -2.08. The Morgan fingerprint density at radius 2 is 1.19 bits per heavy atom. The monoisotopic (exact) mass is 398 g/mol. The Hall–Kier alpha value is -0.930. The van der Waals surface area contributed by atoms with Gasteiger partial charge in [0, 0.05) is 6.42 Å². The second-order valence-corrected chi connectivity index (χ2v) is 6.65. The van der Waals surface area contributed by atoms with Crippen LogP contribution in [0.1, 0.15) is 6.42 Å². The number of aliphatic carboxylic acids is 1. The summed E-state index contributed by atoms with van der Waals surface area (Å²) in [6, 6.07) is 0. The van der Waals surface area contributed by atoms with E-state index in [4.69, 9.17) is 19.3 Å². The van der Waals surface area contributed by atoms with Crippen LogP contribution in [-0.2, 0) is 19.0 Å². The molecule has 0 aromatic rings. The Balaban J connectivity index is 2.12. The Bertz CT molecular complexity index is 487. The van der Waals surface area contributed by atoms with Crippen LogP contribution in [0, 0.1) is 0 Å². The first-order chi connectivity index (χ1) is 12.7. The molecule has 12 nitrogen and oxygen atoms in total. The number of ether oxygens (including phenoxy) is 3. The lowest BCUT2D eigenvalue weighted by Gasteiger charge is -2.45. The third-order valence-electron chi connectivity index (χ3n) is 4.82. The minimum Gasteiger partial charge on any atom is -0.480 e. The summed E-state index contributed by atoms with van der Waals surface area (Å²) < 4.78 is 15.8. The molecule has 0 saturated carbocycles. The highest BCUT2D eigenvalue weighted by molar-refractivity contribution is 5.68. The molecule has 2 fully saturated rings. The number of rotatable bonds is 7. The average Bonchev–Trinajstić information content (AvgIpc) is 2.63. The highest BCUT2D eigenvalue weighted by atomic mass is 16.6. The van der Waals surface area contributed by atoms with Crippen LogP contribution in [0.2, 0.25) is 0 Å². The topological polar surface area (TPSA) is 207 Å². The van der Waals surface area contributed by atoms with E-state index in [0.717, 1.165) is 0 Å². The fraction of sp³-hybridized carbons (Fsp3) is 0.933. The molecule has 0 aromatic heterocycles. The standard InChI is InChI=1S/C15H26O12/c16-2-7-11(21)14(24)10(20)5(26-7)1-6-12(22)15(25-4-9(18)19)13(23)8(3-17)27-6/h5-8,10-17,20-24H,1-4H2,(H,18,19)/t5-,6+,7-,8-,10-,11-,12+,13+,14-,15-/m1/s1. The first kappa shape index (κ1) is 22.4. The minimum absolute atomic E-state index is 0.251. The quantitative estimate of drug-likeness (QED) is 0.203. The van der Waals surface area contributed by atoms with Gasteiger partial charge in [-0.2, -0.15) is 0 Å². The Kier molecular flexibility index (Phi) is 7.88. The second kappa shape index (κ2) is 9.52. The molecule has 12 heteroatoms. The summed E-state index contributed by atoms with van der Waals surface area (Å²) in [7, 11) is 0. The fourth-order valence-electron chi connectivity index (χ4n) is 3.32. The van der Waals surface area contributed by atoms with Crippen LogP contribution < -0.4 is 0 Å². The van der Waals surface area contributed by atoms with E-state index in [2.05, 4.69) is 0 Å². The molecule has 8 N–H and O–H groups in total. The van der Waals surface area contributed by atoms with Crippen LogP contribution in [0.3, 0.4) is 0 Å². The number of carboxylic acid groups (broad SMARTS) is 1. The Labute approximate surface area is 154 Å². The molecule has 0 aliphatic carbocycles. The van der Waals surface area contributed by atoms with Crippen LogP contribution in [0.4, 0.5) is 0 Å². The third-order valence-corrected chi connectivity index (χ3v) is 4.82. The number of aliphatic hydroxyl groups is 7. The zero-order valence-electron chi connectivity index (χ0n) is 14.3. The van der Waals surface area contributed by atoms with Crippen molar-refractivity contribution in [1.29, 1.82) is 0 Å². The van der Waals surface area contributed by atoms with Gasteiger partial charge in [0.05, 0.1) is 25.4 Å². The van der Waals surface area contributed by atoms with Crippen molar-refractivity contribution in [1.82, 2.24) is 0 Å². The zero-order chi connectivity index (χ0) is 20.3. The van der Waals surface area contributed by atoms with E-state index < -0.39 is 86.8 Å². The van der Waals surface area contributed by atoms with Crippen molar-refractivity contribution in [3.63, 3.8) is 0 Å². The van der Waals surface area contributed by atoms with Crippen LogP contribution in [0.25, 0.3) is 0 Å². The molecule has 27 heavy (non-hydrogen) atoms. The van der Waals surface area contributed by atoms with Gasteiger partial charge in [-0.05, 0) is 0 Å². The number of carboxylic acids is 1. The van der Waals surface area contributed by atoms with E-state index in [0.29, 0.717) is 0 Å². The van der Waals surface area contributed by atoms with Gasteiger partial charge in [0.15, 0.2) is 0 Å². The lowest BCUT2D eigenvalue weighted by Crippen LogP contribution is -2.63. The summed E-state index contributed by atoms with van der Waals surface area (Å²) >= 11 is 0. The molecular weight excluding hydrogens is 372 g/mol. The highest BCUT2D eigenvalue weighted by Gasteiger charge is 2.49. The molecule has 2 aliphatic rings. The van der Waals surface area contributed by atoms with Gasteiger partial charge in [-0.1, -0.05) is 0 Å². The first-order valence-electron chi connectivity index (χ1n) is 8.47. The Morgan fingerprint density at radius 1 is 0.741 bits per heavy atom. The third kappa shape index (κ3) is 4.92. The van der Waals surface area contributed by atoms with Gasteiger partial charge in [-0.25, -0.2) is 4.79 Å². The van der Waals surface area contributed by atoms with Crippen molar-refractivity contribution in [2.45, 2.75) is 67.5 Å². The lowest BCUT2D eigenvalue weighted by molar-refractivity contribution is -0.267. The largest absolute Gasteiger partial charge is 0.480 e. The molecule has 0 bridgehead atoms. The van der Waals surface area contributed by atoms with Crippen LogP contribution in [0.15, 0.2) is 0 Å². The molecule has 2 heterocycles. The summed E-state index contributed by atoms with van der Waals surface area (Å²) in [6.07, 6.45) is -14.0. The van der Waals surface area contributed by atoms with E-state index in [1.165, 1.54) is 0 Å². The summed E-state index contributed by atoms with van der Waals surface area (Å²) in [5.41, 5.74) is 0. The molecule has 10 atom stereocenters. The van der Waals surface area contributed by atoms with Crippen LogP contribution in [-0.4, -0.2) is 128 Å². The van der Waals surface area contributed by atoms with Crippen molar-refractivity contribution in [3.05, 3.63) is 0 Å². The highest BCUT2D eigenvalue weighted by Crippen LogP contribution is 2.30. The Morgan fingerprint density at radius 3 is 1.70 bits per heavy atom. The SMILES string of the molecule is O=C(O)CO[C@@H]1[C@@H](O)[C@H](C[C@H]2O[C@H](CO)[C@@H](O)[C@H](O)[C@@H]2O)O[C@H](CO)[C@@H]1O.